The molecular formula is C21H19N5O. The molecule has 0 saturated carbocycles. The largest absolute Gasteiger partial charge is 0.492 e. The predicted octanol–water partition coefficient (Wildman–Crippen LogP) is 3.59. The molecule has 6 nitrogen and oxygen atoms in total. The third-order valence-electron chi connectivity index (χ3n) is 4.44. The van der Waals surface area contributed by atoms with E-state index in [1.807, 2.05) is 44.6 Å². The van der Waals surface area contributed by atoms with Crippen molar-refractivity contribution in [1.82, 2.24) is 19.9 Å². The van der Waals surface area contributed by atoms with Gasteiger partial charge in [0.1, 0.15) is 29.8 Å². The lowest BCUT2D eigenvalue weighted by molar-refractivity contribution is 0.261. The van der Waals surface area contributed by atoms with E-state index in [2.05, 4.69) is 32.0 Å². The maximum absolute atomic E-state index is 9.10. The minimum atomic E-state index is 0.396. The number of fused-ring (bicyclic) bond motifs is 3. The minimum Gasteiger partial charge on any atom is -0.492 e. The first-order valence-electron chi connectivity index (χ1n) is 8.69. The molecule has 0 bridgehead atoms. The smallest absolute Gasteiger partial charge is 0.141 e. The average Bonchev–Trinajstić information content (AvgIpc) is 3.05. The number of aromatic nitrogens is 3. The molecule has 134 valence electrons. The van der Waals surface area contributed by atoms with Crippen LogP contribution in [0.15, 0.2) is 48.8 Å². The number of hydrogen-bond acceptors (Lipinski definition) is 5. The zero-order valence-corrected chi connectivity index (χ0v) is 15.2. The molecule has 0 saturated heterocycles. The Morgan fingerprint density at radius 3 is 2.59 bits per heavy atom. The summed E-state index contributed by atoms with van der Waals surface area (Å²) >= 11 is 0. The van der Waals surface area contributed by atoms with Crippen molar-refractivity contribution < 1.29 is 4.74 Å². The van der Waals surface area contributed by atoms with E-state index in [4.69, 9.17) is 10.00 Å². The van der Waals surface area contributed by atoms with Gasteiger partial charge in [0, 0.05) is 29.1 Å². The highest BCUT2D eigenvalue weighted by Crippen LogP contribution is 2.29. The average molecular weight is 357 g/mol. The lowest BCUT2D eigenvalue weighted by Gasteiger charge is -2.11. The summed E-state index contributed by atoms with van der Waals surface area (Å²) in [4.78, 5) is 14.0. The molecule has 3 aromatic heterocycles. The highest BCUT2D eigenvalue weighted by atomic mass is 16.5. The van der Waals surface area contributed by atoms with Gasteiger partial charge in [-0.05, 0) is 43.9 Å². The molecule has 0 aliphatic rings. The Bertz CT molecular complexity index is 1140. The number of aromatic amines is 1. The fraction of sp³-hybridized carbons (Fsp3) is 0.190. The summed E-state index contributed by atoms with van der Waals surface area (Å²) in [5.74, 6) is 0.853. The summed E-state index contributed by atoms with van der Waals surface area (Å²) in [6.07, 6.45) is 3.52. The van der Waals surface area contributed by atoms with Crippen molar-refractivity contribution in [2.24, 2.45) is 0 Å². The summed E-state index contributed by atoms with van der Waals surface area (Å²) in [5.41, 5.74) is 4.13. The van der Waals surface area contributed by atoms with E-state index in [0.717, 1.165) is 45.4 Å². The van der Waals surface area contributed by atoms with Crippen LogP contribution in [0.3, 0.4) is 0 Å². The van der Waals surface area contributed by atoms with Gasteiger partial charge < -0.3 is 14.6 Å². The van der Waals surface area contributed by atoms with Crippen molar-refractivity contribution in [3.05, 3.63) is 54.5 Å². The lowest BCUT2D eigenvalue weighted by Crippen LogP contribution is -2.19. The molecule has 0 aliphatic carbocycles. The zero-order chi connectivity index (χ0) is 18.8. The Morgan fingerprint density at radius 2 is 1.85 bits per heavy atom. The van der Waals surface area contributed by atoms with E-state index in [9.17, 15) is 0 Å². The molecule has 0 amide bonds. The van der Waals surface area contributed by atoms with Crippen molar-refractivity contribution in [1.29, 1.82) is 5.26 Å². The summed E-state index contributed by atoms with van der Waals surface area (Å²) in [6.45, 7) is 1.53. The van der Waals surface area contributed by atoms with E-state index in [1.54, 1.807) is 12.3 Å². The topological polar surface area (TPSA) is 77.8 Å². The molecule has 0 spiro atoms. The van der Waals surface area contributed by atoms with Crippen LogP contribution in [0.2, 0.25) is 0 Å². The molecule has 0 aliphatic heterocycles. The second-order valence-electron chi connectivity index (χ2n) is 6.65. The number of nitrogens with one attached hydrogen (secondary N) is 1. The zero-order valence-electron chi connectivity index (χ0n) is 15.2. The highest BCUT2D eigenvalue weighted by molar-refractivity contribution is 6.06. The number of benzene rings is 1. The molecule has 1 aromatic carbocycles. The minimum absolute atomic E-state index is 0.396. The first-order chi connectivity index (χ1) is 13.1. The molecule has 1 N–H and O–H groups in total. The maximum Gasteiger partial charge on any atom is 0.141 e. The van der Waals surface area contributed by atoms with Crippen LogP contribution in [0.1, 0.15) is 5.69 Å². The van der Waals surface area contributed by atoms with Crippen molar-refractivity contribution >= 4 is 21.9 Å². The van der Waals surface area contributed by atoms with Gasteiger partial charge in [0.15, 0.2) is 0 Å². The van der Waals surface area contributed by atoms with Crippen LogP contribution < -0.4 is 4.74 Å². The number of pyridine rings is 2. The quantitative estimate of drug-likeness (QED) is 0.590. The predicted molar refractivity (Wildman–Crippen MR) is 106 cm³/mol. The van der Waals surface area contributed by atoms with E-state index < -0.39 is 0 Å². The maximum atomic E-state index is 9.10. The number of ether oxygens (including phenoxy) is 1. The molecule has 4 aromatic rings. The van der Waals surface area contributed by atoms with Crippen LogP contribution in [-0.4, -0.2) is 47.1 Å². The summed E-state index contributed by atoms with van der Waals surface area (Å²) in [5, 5.41) is 11.0. The van der Waals surface area contributed by atoms with Crippen LogP contribution in [0, 0.1) is 11.3 Å². The Kier molecular flexibility index (Phi) is 4.45. The highest BCUT2D eigenvalue weighted by Gasteiger charge is 2.09. The second-order valence-corrected chi connectivity index (χ2v) is 6.65. The number of nitriles is 1. The van der Waals surface area contributed by atoms with Crippen LogP contribution in [0.25, 0.3) is 33.1 Å². The summed E-state index contributed by atoms with van der Waals surface area (Å²) in [7, 11) is 4.05. The third kappa shape index (κ3) is 3.46. The molecule has 0 radical (unpaired) electrons. The Balaban J connectivity index is 1.65. The summed E-state index contributed by atoms with van der Waals surface area (Å²) in [6, 6.07) is 14.0. The molecule has 27 heavy (non-hydrogen) atoms. The number of nitrogens with zero attached hydrogens (tertiary/aromatic N) is 4. The molecular weight excluding hydrogens is 338 g/mol. The van der Waals surface area contributed by atoms with Crippen molar-refractivity contribution in [3.8, 4) is 22.9 Å². The number of likely N-dealkylation sites (N-methyl/N-ethyl adjacent to an activating group) is 1. The van der Waals surface area contributed by atoms with Crippen LogP contribution >= 0.6 is 0 Å². The molecule has 0 atom stereocenters. The molecule has 4 rings (SSSR count). The van der Waals surface area contributed by atoms with Gasteiger partial charge in [0.05, 0.1) is 11.7 Å². The van der Waals surface area contributed by atoms with E-state index in [-0.39, 0.29) is 0 Å². The normalized spacial score (nSPS) is 11.2. The fourth-order valence-corrected chi connectivity index (χ4v) is 2.98. The fourth-order valence-electron chi connectivity index (χ4n) is 2.98. The van der Waals surface area contributed by atoms with Crippen LogP contribution in [0.4, 0.5) is 0 Å². The monoisotopic (exact) mass is 357 g/mol. The van der Waals surface area contributed by atoms with Gasteiger partial charge in [-0.25, -0.2) is 9.97 Å². The van der Waals surface area contributed by atoms with Gasteiger partial charge in [-0.2, -0.15) is 5.26 Å². The molecule has 3 heterocycles. The van der Waals surface area contributed by atoms with Crippen molar-refractivity contribution in [2.45, 2.75) is 0 Å². The first kappa shape index (κ1) is 17.0. The van der Waals surface area contributed by atoms with Gasteiger partial charge in [0.2, 0.25) is 0 Å². The van der Waals surface area contributed by atoms with Gasteiger partial charge >= 0.3 is 0 Å². The van der Waals surface area contributed by atoms with Crippen molar-refractivity contribution in [3.63, 3.8) is 0 Å². The Morgan fingerprint density at radius 1 is 1.04 bits per heavy atom. The molecule has 6 heteroatoms. The standard InChI is InChI=1S/C21H19N5O/c1-26(2)7-8-27-17-5-3-14(4-6-17)15-9-19-18-10-16(11-22)23-13-20(18)25-21(19)24-12-15/h3-6,9-10,12-13H,7-8H2,1-2H3,(H,24,25). The lowest BCUT2D eigenvalue weighted by atomic mass is 10.1. The van der Waals surface area contributed by atoms with Gasteiger partial charge in [0.25, 0.3) is 0 Å². The Labute approximate surface area is 157 Å². The van der Waals surface area contributed by atoms with E-state index in [1.165, 1.54) is 0 Å². The first-order valence-corrected chi connectivity index (χ1v) is 8.69. The number of H-pyrrole nitrogens is 1. The third-order valence-corrected chi connectivity index (χ3v) is 4.44. The summed E-state index contributed by atoms with van der Waals surface area (Å²) < 4.78 is 5.75. The van der Waals surface area contributed by atoms with Gasteiger partial charge in [-0.3, -0.25) is 0 Å². The van der Waals surface area contributed by atoms with E-state index in [0.29, 0.717) is 12.3 Å². The van der Waals surface area contributed by atoms with E-state index >= 15 is 0 Å². The van der Waals surface area contributed by atoms with Gasteiger partial charge in [-0.15, -0.1) is 0 Å². The van der Waals surface area contributed by atoms with Crippen LogP contribution in [0.5, 0.6) is 5.75 Å². The SMILES string of the molecule is CN(C)CCOc1ccc(-c2cnc3[nH]c4cnc(C#N)cc4c3c2)cc1. The molecule has 0 fully saturated rings. The van der Waals surface area contributed by atoms with Crippen molar-refractivity contribution in [2.75, 3.05) is 27.2 Å². The Hall–Kier alpha value is -3.43. The van der Waals surface area contributed by atoms with Gasteiger partial charge in [-0.1, -0.05) is 12.1 Å². The number of hydrogen-bond donors (Lipinski definition) is 1. The second kappa shape index (κ2) is 7.06. The van der Waals surface area contributed by atoms with Crippen LogP contribution in [-0.2, 0) is 0 Å². The number of rotatable bonds is 5. The molecule has 0 unspecified atom stereocenters.